The smallest absolute Gasteiger partial charge is 0.226 e. The predicted octanol–water partition coefficient (Wildman–Crippen LogP) is 0.819. The molecule has 0 aliphatic heterocycles. The molecule has 18 heavy (non-hydrogen) atoms. The van der Waals surface area contributed by atoms with Crippen LogP contribution in [-0.4, -0.2) is 0 Å². The largest absolute Gasteiger partial charge is 1.00 e. The summed E-state index contributed by atoms with van der Waals surface area (Å²) in [6.07, 6.45) is 0. The van der Waals surface area contributed by atoms with Crippen molar-refractivity contribution in [2.45, 2.75) is 6.54 Å². The molecule has 1 heterocycles. The molecule has 0 fully saturated rings. The molecule has 0 N–H and O–H groups in total. The van der Waals surface area contributed by atoms with Crippen LogP contribution in [0.15, 0.2) is 60.1 Å². The summed E-state index contributed by atoms with van der Waals surface area (Å²) in [4.78, 5) is 0. The Kier molecular flexibility index (Phi) is 5.99. The van der Waals surface area contributed by atoms with Crippen LogP contribution in [0.25, 0.3) is 10.2 Å². The molecule has 0 bridgehead atoms. The van der Waals surface area contributed by atoms with Crippen molar-refractivity contribution in [2.75, 3.05) is 0 Å². The summed E-state index contributed by atoms with van der Waals surface area (Å²) < 4.78 is 3.65. The molecule has 94 valence electrons. The van der Waals surface area contributed by atoms with Gasteiger partial charge in [-0.3, -0.25) is 0 Å². The maximum Gasteiger partial charge on any atom is 0.226 e. The summed E-state index contributed by atoms with van der Waals surface area (Å²) in [5.74, 6) is 0. The Bertz CT molecular complexity index is 607. The minimum Gasteiger partial charge on any atom is -1.00 e. The van der Waals surface area contributed by atoms with Gasteiger partial charge in [-0.25, -0.2) is 0 Å². The Morgan fingerprint density at radius 2 is 1.56 bits per heavy atom. The van der Waals surface area contributed by atoms with Gasteiger partial charge < -0.3 is 17.0 Å². The fourth-order valence-electron chi connectivity index (χ4n) is 1.87. The van der Waals surface area contributed by atoms with Crippen molar-refractivity contribution in [2.24, 2.45) is 0 Å². The molecule has 0 amide bonds. The molecule has 0 saturated heterocycles. The molecule has 2 aromatic carbocycles. The van der Waals surface area contributed by atoms with Crippen molar-refractivity contribution in [3.8, 4) is 0 Å². The maximum absolute atomic E-state index is 2.30. The molecule has 1 nitrogen and oxygen atoms in total. The molecule has 0 unspecified atom stereocenters. The van der Waals surface area contributed by atoms with Crippen molar-refractivity contribution < 1.29 is 21.5 Å². The highest BCUT2D eigenvalue weighted by molar-refractivity contribution is 8.93. The van der Waals surface area contributed by atoms with E-state index in [1.165, 1.54) is 15.8 Å². The van der Waals surface area contributed by atoms with Gasteiger partial charge in [-0.05, 0) is 6.07 Å². The normalized spacial score (nSPS) is 9.56. The summed E-state index contributed by atoms with van der Waals surface area (Å²) in [6, 6.07) is 19.1. The van der Waals surface area contributed by atoms with Crippen LogP contribution in [0.2, 0.25) is 0 Å². The number of para-hydroxylation sites is 1. The molecular weight excluding hydrogens is 374 g/mol. The van der Waals surface area contributed by atoms with Gasteiger partial charge in [0.2, 0.25) is 11.0 Å². The Labute approximate surface area is 132 Å². The first kappa shape index (κ1) is 15.3. The first-order valence-corrected chi connectivity index (χ1v) is 6.21. The first-order valence-electron chi connectivity index (χ1n) is 5.33. The average molecular weight is 387 g/mol. The van der Waals surface area contributed by atoms with Gasteiger partial charge >= 0.3 is 0 Å². The highest BCUT2D eigenvalue weighted by atomic mass is 79.9. The third-order valence-electron chi connectivity index (χ3n) is 2.68. The Hall–Kier alpha value is -0.710. The standard InChI is InChI=1S/C14H12NS.2BrH/c1-2-6-12(7-3-1)10-15-11-16-14-9-5-4-8-13(14)15;;/h1-9,11H,10H2;2*1H/q+1;;/p-1. The molecule has 3 rings (SSSR count). The lowest BCUT2D eigenvalue weighted by Crippen LogP contribution is -3.00. The highest BCUT2D eigenvalue weighted by Gasteiger charge is 2.10. The lowest BCUT2D eigenvalue weighted by atomic mass is 10.2. The Morgan fingerprint density at radius 1 is 0.889 bits per heavy atom. The van der Waals surface area contributed by atoms with Gasteiger partial charge in [-0.15, -0.1) is 17.0 Å². The van der Waals surface area contributed by atoms with Gasteiger partial charge in [-0.1, -0.05) is 53.8 Å². The van der Waals surface area contributed by atoms with Gasteiger partial charge in [0.25, 0.3) is 0 Å². The second kappa shape index (κ2) is 7.02. The molecule has 4 heteroatoms. The molecule has 0 atom stereocenters. The van der Waals surface area contributed by atoms with Crippen LogP contribution in [0.4, 0.5) is 0 Å². The quantitative estimate of drug-likeness (QED) is 0.574. The molecular formula is C14H13Br2NS. The van der Waals surface area contributed by atoms with E-state index >= 15 is 0 Å². The van der Waals surface area contributed by atoms with E-state index in [-0.39, 0.29) is 34.0 Å². The van der Waals surface area contributed by atoms with Crippen LogP contribution in [0.5, 0.6) is 0 Å². The number of thiazole rings is 1. The summed E-state index contributed by atoms with van der Waals surface area (Å²) in [7, 11) is 0. The number of hydrogen-bond donors (Lipinski definition) is 0. The highest BCUT2D eigenvalue weighted by Crippen LogP contribution is 2.15. The molecule has 0 spiro atoms. The molecule has 1 aromatic heterocycles. The molecule has 0 saturated carbocycles. The molecule has 0 radical (unpaired) electrons. The molecule has 3 aromatic rings. The van der Waals surface area contributed by atoms with E-state index in [1.807, 2.05) is 0 Å². The number of rotatable bonds is 2. The fraction of sp³-hybridized carbons (Fsp3) is 0.0714. The summed E-state index contributed by atoms with van der Waals surface area (Å²) in [5.41, 5.74) is 4.85. The second-order valence-electron chi connectivity index (χ2n) is 3.80. The Morgan fingerprint density at radius 3 is 2.33 bits per heavy atom. The van der Waals surface area contributed by atoms with Crippen LogP contribution in [0, 0.1) is 0 Å². The number of benzene rings is 2. The van der Waals surface area contributed by atoms with E-state index in [9.17, 15) is 0 Å². The zero-order chi connectivity index (χ0) is 10.8. The average Bonchev–Trinajstić information content (AvgIpc) is 2.74. The van der Waals surface area contributed by atoms with Crippen molar-refractivity contribution >= 4 is 38.5 Å². The van der Waals surface area contributed by atoms with E-state index < -0.39 is 0 Å². The van der Waals surface area contributed by atoms with E-state index in [4.69, 9.17) is 0 Å². The lowest BCUT2D eigenvalue weighted by Gasteiger charge is -1.95. The SMILES string of the molecule is Br.[Br-].c1ccc(C[n+]2csc3ccccc32)cc1. The predicted molar refractivity (Wildman–Crippen MR) is 77.9 cm³/mol. The Balaban J connectivity index is 0.000000810. The van der Waals surface area contributed by atoms with Gasteiger partial charge in [0.15, 0.2) is 6.54 Å². The van der Waals surface area contributed by atoms with Crippen molar-refractivity contribution in [3.63, 3.8) is 0 Å². The number of halogens is 2. The third-order valence-corrected chi connectivity index (χ3v) is 3.64. The number of aromatic nitrogens is 1. The van der Waals surface area contributed by atoms with Crippen LogP contribution < -0.4 is 21.5 Å². The summed E-state index contributed by atoms with van der Waals surface area (Å²) in [6.45, 7) is 0.949. The van der Waals surface area contributed by atoms with Gasteiger partial charge in [0.1, 0.15) is 4.70 Å². The van der Waals surface area contributed by atoms with Crippen LogP contribution in [-0.2, 0) is 6.54 Å². The maximum atomic E-state index is 2.30. The van der Waals surface area contributed by atoms with Gasteiger partial charge in [0, 0.05) is 11.6 Å². The van der Waals surface area contributed by atoms with E-state index in [0.717, 1.165) is 6.54 Å². The number of nitrogens with zero attached hydrogens (tertiary/aromatic N) is 1. The summed E-state index contributed by atoms with van der Waals surface area (Å²) >= 11 is 1.80. The lowest BCUT2D eigenvalue weighted by molar-refractivity contribution is -0.658. The van der Waals surface area contributed by atoms with Crippen LogP contribution in [0.1, 0.15) is 5.56 Å². The van der Waals surface area contributed by atoms with Crippen molar-refractivity contribution in [1.82, 2.24) is 0 Å². The van der Waals surface area contributed by atoms with Crippen LogP contribution in [0.3, 0.4) is 0 Å². The van der Waals surface area contributed by atoms with Crippen molar-refractivity contribution in [3.05, 3.63) is 65.7 Å². The monoisotopic (exact) mass is 385 g/mol. The van der Waals surface area contributed by atoms with E-state index in [1.54, 1.807) is 11.3 Å². The number of hydrogen-bond acceptors (Lipinski definition) is 1. The number of fused-ring (bicyclic) bond motifs is 1. The van der Waals surface area contributed by atoms with Gasteiger partial charge in [-0.2, -0.15) is 4.57 Å². The fourth-order valence-corrected chi connectivity index (χ4v) is 2.77. The third kappa shape index (κ3) is 3.19. The van der Waals surface area contributed by atoms with Crippen molar-refractivity contribution in [1.29, 1.82) is 0 Å². The first-order chi connectivity index (χ1) is 7.93. The minimum absolute atomic E-state index is 0. The molecule has 0 aliphatic carbocycles. The van der Waals surface area contributed by atoms with Gasteiger partial charge in [0.05, 0.1) is 0 Å². The zero-order valence-corrected chi connectivity index (χ0v) is 13.7. The second-order valence-corrected chi connectivity index (χ2v) is 4.69. The summed E-state index contributed by atoms with van der Waals surface area (Å²) in [5, 5.41) is 0. The van der Waals surface area contributed by atoms with E-state index in [0.29, 0.717) is 0 Å². The zero-order valence-electron chi connectivity index (χ0n) is 9.62. The minimum atomic E-state index is 0. The topological polar surface area (TPSA) is 3.88 Å². The van der Waals surface area contributed by atoms with Crippen LogP contribution >= 0.6 is 28.3 Å². The molecule has 0 aliphatic rings. The van der Waals surface area contributed by atoms with E-state index in [2.05, 4.69) is 64.7 Å².